The molecule has 0 spiro atoms. The van der Waals surface area contributed by atoms with Crippen LogP contribution in [0, 0.1) is 11.8 Å². The number of hydrogen-bond acceptors (Lipinski definition) is 8. The van der Waals surface area contributed by atoms with E-state index >= 15 is 0 Å². The van der Waals surface area contributed by atoms with Crippen molar-refractivity contribution in [2.75, 3.05) is 13.3 Å². The number of hydrogen-bond donors (Lipinski definition) is 3. The Hall–Kier alpha value is -3.18. The van der Waals surface area contributed by atoms with Crippen LogP contribution < -0.4 is 16.1 Å². The van der Waals surface area contributed by atoms with Gasteiger partial charge < -0.3 is 24.8 Å². The summed E-state index contributed by atoms with van der Waals surface area (Å²) in [4.78, 5) is 50.8. The Morgan fingerprint density at radius 3 is 2.28 bits per heavy atom. The van der Waals surface area contributed by atoms with Crippen molar-refractivity contribution in [1.82, 2.24) is 21.1 Å². The Morgan fingerprint density at radius 1 is 1.03 bits per heavy atom. The van der Waals surface area contributed by atoms with Crippen LogP contribution in [0.5, 0.6) is 0 Å². The molecule has 1 aliphatic rings. The summed E-state index contributed by atoms with van der Waals surface area (Å²) in [6, 6.07) is 7.34. The van der Waals surface area contributed by atoms with Crippen LogP contribution >= 0.6 is 0 Å². The molecule has 1 aliphatic heterocycles. The van der Waals surface area contributed by atoms with Gasteiger partial charge in [0.1, 0.15) is 19.4 Å². The second-order valence-electron chi connectivity index (χ2n) is 9.42. The lowest BCUT2D eigenvalue weighted by molar-refractivity contribution is -0.134. The van der Waals surface area contributed by atoms with Gasteiger partial charge in [0.25, 0.3) is 0 Å². The summed E-state index contributed by atoms with van der Waals surface area (Å²) in [5.74, 6) is -0.878. The number of Topliss-reactive ketones (excluding diaryl/α,β-unsaturated/α-hetero) is 1. The lowest BCUT2D eigenvalue weighted by Crippen LogP contribution is -2.55. The van der Waals surface area contributed by atoms with Crippen LogP contribution in [-0.4, -0.2) is 60.5 Å². The van der Waals surface area contributed by atoms with Gasteiger partial charge in [0, 0.05) is 6.61 Å². The van der Waals surface area contributed by atoms with Crippen molar-refractivity contribution in [2.45, 2.75) is 72.4 Å². The summed E-state index contributed by atoms with van der Waals surface area (Å²) in [5, 5.41) is 6.42. The van der Waals surface area contributed by atoms with E-state index in [9.17, 15) is 19.2 Å². The molecule has 3 atom stereocenters. The van der Waals surface area contributed by atoms with E-state index < -0.39 is 42.2 Å². The fourth-order valence-electron chi connectivity index (χ4n) is 3.56. The number of nitrogens with one attached hydrogen (secondary N) is 3. The summed E-state index contributed by atoms with van der Waals surface area (Å²) < 4.78 is 15.6. The van der Waals surface area contributed by atoms with E-state index in [-0.39, 0.29) is 25.2 Å². The third-order valence-electron chi connectivity index (χ3n) is 5.29. The normalized spacial score (nSPS) is 17.0. The number of carbonyl (C=O) groups excluding carboxylic acids is 4. The first-order valence-corrected chi connectivity index (χ1v) is 12.2. The molecule has 3 amide bonds. The SMILES string of the molecule is CCOCN1NC(C(=O)[C@H](CC(C)C)NC(=O)[C@H](CC(C)C)NC(=O)OCc2ccccc2)OC1=O. The van der Waals surface area contributed by atoms with Crippen molar-refractivity contribution in [3.8, 4) is 0 Å². The Kier molecular flexibility index (Phi) is 11.6. The van der Waals surface area contributed by atoms with E-state index in [1.165, 1.54) is 0 Å². The molecule has 11 nitrogen and oxygen atoms in total. The largest absolute Gasteiger partial charge is 0.445 e. The van der Waals surface area contributed by atoms with E-state index in [2.05, 4.69) is 16.1 Å². The highest BCUT2D eigenvalue weighted by Gasteiger charge is 2.40. The monoisotopic (exact) mass is 506 g/mol. The molecule has 0 aromatic heterocycles. The molecule has 1 aromatic rings. The van der Waals surface area contributed by atoms with Gasteiger partial charge in [-0.3, -0.25) is 9.59 Å². The number of rotatable bonds is 14. The van der Waals surface area contributed by atoms with E-state index in [0.29, 0.717) is 19.4 Å². The van der Waals surface area contributed by atoms with Gasteiger partial charge in [-0.25, -0.2) is 14.6 Å². The Bertz CT molecular complexity index is 878. The van der Waals surface area contributed by atoms with Crippen LogP contribution in [0.15, 0.2) is 30.3 Å². The minimum Gasteiger partial charge on any atom is -0.445 e. The zero-order valence-electron chi connectivity index (χ0n) is 21.6. The molecule has 200 valence electrons. The molecule has 1 fully saturated rings. The first kappa shape index (κ1) is 29.1. The highest BCUT2D eigenvalue weighted by Crippen LogP contribution is 2.14. The minimum absolute atomic E-state index is 0.0585. The quantitative estimate of drug-likeness (QED) is 0.351. The first-order valence-electron chi connectivity index (χ1n) is 12.2. The number of cyclic esters (lactones) is 1. The Balaban J connectivity index is 2.04. The predicted octanol–water partition coefficient (Wildman–Crippen LogP) is 2.70. The second kappa shape index (κ2) is 14.4. The average Bonchev–Trinajstić information content (AvgIpc) is 3.20. The van der Waals surface area contributed by atoms with Crippen LogP contribution in [0.2, 0.25) is 0 Å². The highest BCUT2D eigenvalue weighted by molar-refractivity contribution is 5.95. The summed E-state index contributed by atoms with van der Waals surface area (Å²) in [6.07, 6.45) is -2.07. The first-order chi connectivity index (χ1) is 17.1. The summed E-state index contributed by atoms with van der Waals surface area (Å²) in [6.45, 7) is 9.80. The van der Waals surface area contributed by atoms with Gasteiger partial charge >= 0.3 is 12.2 Å². The number of hydrazine groups is 1. The predicted molar refractivity (Wildman–Crippen MR) is 131 cm³/mol. The summed E-state index contributed by atoms with van der Waals surface area (Å²) >= 11 is 0. The van der Waals surface area contributed by atoms with Gasteiger partial charge in [-0.2, -0.15) is 5.43 Å². The number of ether oxygens (including phenoxy) is 3. The van der Waals surface area contributed by atoms with Crippen molar-refractivity contribution >= 4 is 23.9 Å². The standard InChI is InChI=1S/C25H38N4O7/c1-6-34-15-29-25(33)36-23(28-29)21(30)19(12-16(2)3)26-22(31)20(13-17(4)5)27-24(32)35-14-18-10-8-7-9-11-18/h7-11,16-17,19-20,23,28H,6,12-15H2,1-5H3,(H,26,31)(H,27,32)/t19-,20-,23?/m0/s1. The maximum Gasteiger partial charge on any atom is 0.428 e. The Morgan fingerprint density at radius 2 is 1.67 bits per heavy atom. The molecular formula is C25H38N4O7. The van der Waals surface area contributed by atoms with Crippen molar-refractivity contribution in [3.05, 3.63) is 35.9 Å². The lowest BCUT2D eigenvalue weighted by atomic mass is 9.97. The molecule has 1 unspecified atom stereocenters. The van der Waals surface area contributed by atoms with Gasteiger partial charge in [0.15, 0.2) is 0 Å². The molecule has 0 radical (unpaired) electrons. The fraction of sp³-hybridized carbons (Fsp3) is 0.600. The molecule has 0 aliphatic carbocycles. The topological polar surface area (TPSA) is 135 Å². The minimum atomic E-state index is -1.26. The van der Waals surface area contributed by atoms with Gasteiger partial charge in [0.05, 0.1) is 6.04 Å². The van der Waals surface area contributed by atoms with E-state index in [0.717, 1.165) is 10.6 Å². The molecule has 3 N–H and O–H groups in total. The molecule has 2 rings (SSSR count). The van der Waals surface area contributed by atoms with Crippen molar-refractivity contribution in [3.63, 3.8) is 0 Å². The van der Waals surface area contributed by atoms with Crippen LogP contribution in [0.25, 0.3) is 0 Å². The number of benzene rings is 1. The van der Waals surface area contributed by atoms with Gasteiger partial charge in [-0.15, -0.1) is 0 Å². The van der Waals surface area contributed by atoms with Crippen LogP contribution in [-0.2, 0) is 30.4 Å². The average molecular weight is 507 g/mol. The van der Waals surface area contributed by atoms with Crippen molar-refractivity contribution in [2.24, 2.45) is 11.8 Å². The smallest absolute Gasteiger partial charge is 0.428 e. The van der Waals surface area contributed by atoms with Gasteiger partial charge in [-0.1, -0.05) is 58.0 Å². The molecule has 0 saturated carbocycles. The zero-order chi connectivity index (χ0) is 26.7. The molecular weight excluding hydrogens is 468 g/mol. The number of amides is 3. The van der Waals surface area contributed by atoms with Crippen LogP contribution in [0.1, 0.15) is 53.0 Å². The second-order valence-corrected chi connectivity index (χ2v) is 9.42. The molecule has 11 heteroatoms. The third-order valence-corrected chi connectivity index (χ3v) is 5.29. The number of ketones is 1. The molecule has 1 heterocycles. The number of nitrogens with zero attached hydrogens (tertiary/aromatic N) is 1. The third kappa shape index (κ3) is 9.46. The molecule has 1 aromatic carbocycles. The molecule has 36 heavy (non-hydrogen) atoms. The van der Waals surface area contributed by atoms with Crippen LogP contribution in [0.4, 0.5) is 9.59 Å². The lowest BCUT2D eigenvalue weighted by Gasteiger charge is -2.25. The maximum absolute atomic E-state index is 13.2. The van der Waals surface area contributed by atoms with Crippen LogP contribution in [0.3, 0.4) is 0 Å². The van der Waals surface area contributed by atoms with Gasteiger partial charge in [0.2, 0.25) is 17.9 Å². The van der Waals surface area contributed by atoms with Gasteiger partial charge in [-0.05, 0) is 37.2 Å². The zero-order valence-corrected chi connectivity index (χ0v) is 21.6. The van der Waals surface area contributed by atoms with E-state index in [4.69, 9.17) is 14.2 Å². The van der Waals surface area contributed by atoms with E-state index in [1.54, 1.807) is 6.92 Å². The maximum atomic E-state index is 13.2. The summed E-state index contributed by atoms with van der Waals surface area (Å²) in [5.41, 5.74) is 3.49. The molecule has 1 saturated heterocycles. The Labute approximate surface area is 212 Å². The highest BCUT2D eigenvalue weighted by atomic mass is 16.6. The fourth-order valence-corrected chi connectivity index (χ4v) is 3.56. The summed E-state index contributed by atoms with van der Waals surface area (Å²) in [7, 11) is 0. The molecule has 0 bridgehead atoms. The van der Waals surface area contributed by atoms with Crippen molar-refractivity contribution < 1.29 is 33.4 Å². The van der Waals surface area contributed by atoms with Crippen molar-refractivity contribution in [1.29, 1.82) is 0 Å². The van der Waals surface area contributed by atoms with E-state index in [1.807, 2.05) is 58.0 Å². The number of carbonyl (C=O) groups is 4. The number of alkyl carbamates (subject to hydrolysis) is 1.